The fourth-order valence-corrected chi connectivity index (χ4v) is 3.45. The van der Waals surface area contributed by atoms with Crippen LogP contribution in [0.4, 0.5) is 4.79 Å². The Bertz CT molecular complexity index is 1090. The number of benzene rings is 3. The lowest BCUT2D eigenvalue weighted by Crippen LogP contribution is -2.43. The first kappa shape index (κ1) is 24.1. The summed E-state index contributed by atoms with van der Waals surface area (Å²) in [5.41, 5.74) is 0.245. The molecule has 0 saturated heterocycles. The lowest BCUT2D eigenvalue weighted by atomic mass is 9.97. The Hall–Kier alpha value is -3.54. The average molecular weight is 450 g/mol. The first-order valence-corrected chi connectivity index (χ1v) is 11.0. The molecule has 3 aromatic rings. The number of nitrogens with one attached hydrogen (secondary N) is 1. The second-order valence-corrected chi connectivity index (χ2v) is 8.93. The van der Waals surface area contributed by atoms with Crippen LogP contribution < -0.4 is 10.1 Å². The van der Waals surface area contributed by atoms with Gasteiger partial charge in [0.25, 0.3) is 0 Å². The second kappa shape index (κ2) is 10.4. The Labute approximate surface area is 194 Å². The number of rotatable bonds is 7. The Morgan fingerprint density at radius 3 is 2.18 bits per heavy atom. The molecule has 0 heterocycles. The summed E-state index contributed by atoms with van der Waals surface area (Å²) in [6, 6.07) is 22.5. The lowest BCUT2D eigenvalue weighted by molar-refractivity contribution is -0.155. The van der Waals surface area contributed by atoms with Gasteiger partial charge in [-0.25, -0.2) is 9.59 Å². The summed E-state index contributed by atoms with van der Waals surface area (Å²) in [5.74, 6) is 0.0912. The molecule has 0 radical (unpaired) electrons. The van der Waals surface area contributed by atoms with Gasteiger partial charge in [-0.2, -0.15) is 0 Å². The topological polar surface area (TPSA) is 73.9 Å². The van der Waals surface area contributed by atoms with E-state index < -0.39 is 35.9 Å². The number of carbonyl (C=O) groups excluding carboxylic acids is 2. The van der Waals surface area contributed by atoms with Crippen molar-refractivity contribution >= 4 is 22.8 Å². The maximum atomic E-state index is 12.8. The minimum Gasteiger partial charge on any atom is -0.482 e. The zero-order valence-electron chi connectivity index (χ0n) is 19.7. The molecule has 3 aromatic carbocycles. The molecule has 174 valence electrons. The Kier molecular flexibility index (Phi) is 7.59. The van der Waals surface area contributed by atoms with E-state index in [1.165, 1.54) is 0 Å². The Morgan fingerprint density at radius 1 is 0.848 bits per heavy atom. The van der Waals surface area contributed by atoms with Crippen LogP contribution in [0.2, 0.25) is 0 Å². The van der Waals surface area contributed by atoms with Gasteiger partial charge in [0.1, 0.15) is 23.5 Å². The molecule has 1 N–H and O–H groups in total. The summed E-state index contributed by atoms with van der Waals surface area (Å²) in [4.78, 5) is 24.8. The van der Waals surface area contributed by atoms with Gasteiger partial charge in [0.2, 0.25) is 0 Å². The molecule has 6 nitrogen and oxygen atoms in total. The van der Waals surface area contributed by atoms with Gasteiger partial charge < -0.3 is 19.5 Å². The molecule has 0 fully saturated rings. The Morgan fingerprint density at radius 2 is 1.48 bits per heavy atom. The molecule has 3 atom stereocenters. The number of hydrogen-bond acceptors (Lipinski definition) is 5. The van der Waals surface area contributed by atoms with Crippen molar-refractivity contribution in [2.45, 2.75) is 58.5 Å². The third-order valence-corrected chi connectivity index (χ3v) is 4.95. The van der Waals surface area contributed by atoms with Crippen LogP contribution in [-0.2, 0) is 14.3 Å². The number of esters is 1. The van der Waals surface area contributed by atoms with E-state index in [0.717, 1.165) is 16.3 Å². The Balaban J connectivity index is 1.81. The van der Waals surface area contributed by atoms with Gasteiger partial charge in [-0.1, -0.05) is 60.7 Å². The molecule has 0 unspecified atom stereocenters. The zero-order chi connectivity index (χ0) is 24.0. The number of amides is 1. The van der Waals surface area contributed by atoms with Crippen molar-refractivity contribution in [2.24, 2.45) is 0 Å². The molecule has 0 spiro atoms. The molecule has 0 aliphatic rings. The molecule has 1 amide bonds. The van der Waals surface area contributed by atoms with Crippen molar-refractivity contribution in [3.8, 4) is 5.75 Å². The molecule has 0 aromatic heterocycles. The smallest absolute Gasteiger partial charge is 0.408 e. The van der Waals surface area contributed by atoms with Gasteiger partial charge in [-0.05, 0) is 57.5 Å². The van der Waals surface area contributed by atoms with Gasteiger partial charge in [0, 0.05) is 5.56 Å². The van der Waals surface area contributed by atoms with Crippen molar-refractivity contribution in [1.29, 1.82) is 0 Å². The highest BCUT2D eigenvalue weighted by Gasteiger charge is 2.29. The minimum atomic E-state index is -0.882. The van der Waals surface area contributed by atoms with Crippen molar-refractivity contribution in [1.82, 2.24) is 5.32 Å². The quantitative estimate of drug-likeness (QED) is 0.461. The number of ether oxygens (including phenoxy) is 3. The van der Waals surface area contributed by atoms with E-state index in [4.69, 9.17) is 14.2 Å². The summed E-state index contributed by atoms with van der Waals surface area (Å²) >= 11 is 0. The monoisotopic (exact) mass is 449 g/mol. The molecule has 6 heteroatoms. The third-order valence-electron chi connectivity index (χ3n) is 4.95. The van der Waals surface area contributed by atoms with Gasteiger partial charge in [0.05, 0.1) is 0 Å². The largest absolute Gasteiger partial charge is 0.482 e. The fraction of sp³-hybridized carbons (Fsp3) is 0.333. The van der Waals surface area contributed by atoms with E-state index in [0.29, 0.717) is 5.75 Å². The molecule has 0 aliphatic carbocycles. The average Bonchev–Trinajstić information content (AvgIpc) is 2.76. The SMILES string of the molecule is C[C@H](NC(=O)OC(C)(C)C)C(=O)O[C@@H](C)[C@H](Oc1ccccc1)c1cccc2ccccc12. The molecular formula is C27H31NO5. The minimum absolute atomic E-state index is 0.559. The standard InChI is InChI=1S/C27H31NO5/c1-18(28-26(30)33-27(3,4)5)25(29)31-19(2)24(32-21-14-7-6-8-15-21)23-17-11-13-20-12-9-10-16-22(20)23/h6-19,24H,1-5H3,(H,28,30)/t18-,19-,24-/m0/s1. The highest BCUT2D eigenvalue weighted by atomic mass is 16.6. The molecule has 0 bridgehead atoms. The molecule has 0 saturated carbocycles. The van der Waals surface area contributed by atoms with Gasteiger partial charge in [0.15, 0.2) is 6.10 Å². The van der Waals surface area contributed by atoms with E-state index in [2.05, 4.69) is 5.32 Å². The summed E-state index contributed by atoms with van der Waals surface area (Å²) in [5, 5.41) is 4.61. The first-order valence-electron chi connectivity index (χ1n) is 11.0. The summed E-state index contributed by atoms with van der Waals surface area (Å²) in [7, 11) is 0. The van der Waals surface area contributed by atoms with Gasteiger partial charge in [-0.3, -0.25) is 0 Å². The normalized spacial score (nSPS) is 14.1. The van der Waals surface area contributed by atoms with Crippen LogP contribution in [0.25, 0.3) is 10.8 Å². The molecule has 0 aliphatic heterocycles. The third kappa shape index (κ3) is 6.72. The van der Waals surface area contributed by atoms with E-state index in [1.54, 1.807) is 34.6 Å². The maximum absolute atomic E-state index is 12.8. The van der Waals surface area contributed by atoms with E-state index in [1.807, 2.05) is 72.8 Å². The zero-order valence-corrected chi connectivity index (χ0v) is 19.7. The molecule has 33 heavy (non-hydrogen) atoms. The number of fused-ring (bicyclic) bond motifs is 1. The highest BCUT2D eigenvalue weighted by molar-refractivity contribution is 5.86. The van der Waals surface area contributed by atoms with E-state index >= 15 is 0 Å². The van der Waals surface area contributed by atoms with E-state index in [9.17, 15) is 9.59 Å². The predicted molar refractivity (Wildman–Crippen MR) is 128 cm³/mol. The summed E-state index contributed by atoms with van der Waals surface area (Å²) in [6.07, 6.45) is -1.87. The van der Waals surface area contributed by atoms with Crippen molar-refractivity contribution < 1.29 is 23.8 Å². The van der Waals surface area contributed by atoms with Crippen LogP contribution in [0, 0.1) is 0 Å². The van der Waals surface area contributed by atoms with Crippen LogP contribution in [-0.4, -0.2) is 29.8 Å². The van der Waals surface area contributed by atoms with Crippen molar-refractivity contribution in [3.63, 3.8) is 0 Å². The van der Waals surface area contributed by atoms with Crippen molar-refractivity contribution in [3.05, 3.63) is 78.4 Å². The summed E-state index contributed by atoms with van der Waals surface area (Å²) < 4.78 is 17.3. The highest BCUT2D eigenvalue weighted by Crippen LogP contribution is 2.32. The molecule has 3 rings (SSSR count). The van der Waals surface area contributed by atoms with Crippen LogP contribution in [0.3, 0.4) is 0 Å². The predicted octanol–water partition coefficient (Wildman–Crippen LogP) is 5.80. The first-order chi connectivity index (χ1) is 15.6. The lowest BCUT2D eigenvalue weighted by Gasteiger charge is -2.28. The van der Waals surface area contributed by atoms with Gasteiger partial charge >= 0.3 is 12.1 Å². The van der Waals surface area contributed by atoms with Crippen LogP contribution in [0.15, 0.2) is 72.8 Å². The summed E-state index contributed by atoms with van der Waals surface area (Å²) in [6.45, 7) is 8.62. The number of carbonyl (C=O) groups is 2. The van der Waals surface area contributed by atoms with Crippen molar-refractivity contribution in [2.75, 3.05) is 0 Å². The van der Waals surface area contributed by atoms with Crippen LogP contribution in [0.1, 0.15) is 46.3 Å². The van der Waals surface area contributed by atoms with Crippen LogP contribution >= 0.6 is 0 Å². The maximum Gasteiger partial charge on any atom is 0.408 e. The van der Waals surface area contributed by atoms with Gasteiger partial charge in [-0.15, -0.1) is 0 Å². The fourth-order valence-electron chi connectivity index (χ4n) is 3.45. The van der Waals surface area contributed by atoms with Crippen LogP contribution in [0.5, 0.6) is 5.75 Å². The number of alkyl carbamates (subject to hydrolysis) is 1. The molecular weight excluding hydrogens is 418 g/mol. The number of hydrogen-bond donors (Lipinski definition) is 1. The van der Waals surface area contributed by atoms with E-state index in [-0.39, 0.29) is 0 Å². The second-order valence-electron chi connectivity index (χ2n) is 8.93. The number of para-hydroxylation sites is 1.